The second-order valence-electron chi connectivity index (χ2n) is 3.29. The van der Waals surface area contributed by atoms with Crippen LogP contribution in [0.1, 0.15) is 12.5 Å². The summed E-state index contributed by atoms with van der Waals surface area (Å²) in [6.07, 6.45) is 3.48. The number of carbonyl (C=O) groups excluding carboxylic acids is 1. The summed E-state index contributed by atoms with van der Waals surface area (Å²) in [6, 6.07) is 3.85. The Balaban J connectivity index is 2.58. The molecule has 0 aliphatic carbocycles. The molecule has 4 nitrogen and oxygen atoms in total. The normalized spacial score (nSPS) is 10.0. The van der Waals surface area contributed by atoms with Crippen molar-refractivity contribution in [3.63, 3.8) is 0 Å². The van der Waals surface area contributed by atoms with E-state index in [1.807, 2.05) is 24.0 Å². The molecule has 4 heteroatoms. The van der Waals surface area contributed by atoms with Crippen LogP contribution < -0.4 is 5.32 Å². The zero-order chi connectivity index (χ0) is 11.1. The van der Waals surface area contributed by atoms with Gasteiger partial charge in [-0.2, -0.15) is 0 Å². The van der Waals surface area contributed by atoms with Crippen molar-refractivity contribution in [3.05, 3.63) is 30.1 Å². The SMILES string of the molecule is CCN(Cc1ccncc1)C(=O)CNC. The first-order valence-corrected chi connectivity index (χ1v) is 5.09. The topological polar surface area (TPSA) is 45.2 Å². The number of likely N-dealkylation sites (N-methyl/N-ethyl adjacent to an activating group) is 2. The first-order valence-electron chi connectivity index (χ1n) is 5.09. The lowest BCUT2D eigenvalue weighted by Gasteiger charge is -2.20. The zero-order valence-electron chi connectivity index (χ0n) is 9.23. The van der Waals surface area contributed by atoms with E-state index in [1.54, 1.807) is 19.4 Å². The molecule has 0 atom stereocenters. The van der Waals surface area contributed by atoms with Gasteiger partial charge in [0.1, 0.15) is 0 Å². The molecule has 1 N–H and O–H groups in total. The summed E-state index contributed by atoms with van der Waals surface area (Å²) in [5.74, 6) is 0.122. The number of rotatable bonds is 5. The van der Waals surface area contributed by atoms with Crippen molar-refractivity contribution < 1.29 is 4.79 Å². The predicted molar refractivity (Wildman–Crippen MR) is 59.3 cm³/mol. The number of aromatic nitrogens is 1. The maximum absolute atomic E-state index is 11.6. The maximum Gasteiger partial charge on any atom is 0.236 e. The Morgan fingerprint density at radius 3 is 2.67 bits per heavy atom. The summed E-state index contributed by atoms with van der Waals surface area (Å²) >= 11 is 0. The van der Waals surface area contributed by atoms with Crippen LogP contribution in [0.2, 0.25) is 0 Å². The molecule has 0 unspecified atom stereocenters. The van der Waals surface area contributed by atoms with Crippen LogP contribution >= 0.6 is 0 Å². The highest BCUT2D eigenvalue weighted by molar-refractivity contribution is 5.78. The fraction of sp³-hybridized carbons (Fsp3) is 0.455. The highest BCUT2D eigenvalue weighted by Gasteiger charge is 2.10. The lowest BCUT2D eigenvalue weighted by molar-refractivity contribution is -0.130. The van der Waals surface area contributed by atoms with E-state index in [0.29, 0.717) is 13.1 Å². The summed E-state index contributed by atoms with van der Waals surface area (Å²) < 4.78 is 0. The Morgan fingerprint density at radius 1 is 1.47 bits per heavy atom. The molecule has 0 saturated carbocycles. The molecule has 1 rings (SSSR count). The largest absolute Gasteiger partial charge is 0.338 e. The van der Waals surface area contributed by atoms with Crippen molar-refractivity contribution in [2.24, 2.45) is 0 Å². The molecule has 82 valence electrons. The van der Waals surface area contributed by atoms with Crippen LogP contribution in [0.5, 0.6) is 0 Å². The van der Waals surface area contributed by atoms with Crippen molar-refractivity contribution in [1.82, 2.24) is 15.2 Å². The Kier molecular flexibility index (Phi) is 4.77. The fourth-order valence-corrected chi connectivity index (χ4v) is 1.35. The summed E-state index contributed by atoms with van der Waals surface area (Å²) in [5.41, 5.74) is 1.11. The molecule has 0 aromatic carbocycles. The van der Waals surface area contributed by atoms with Gasteiger partial charge in [-0.05, 0) is 31.7 Å². The summed E-state index contributed by atoms with van der Waals surface area (Å²) in [5, 5.41) is 2.86. The van der Waals surface area contributed by atoms with Gasteiger partial charge in [0.25, 0.3) is 0 Å². The van der Waals surface area contributed by atoms with Gasteiger partial charge in [0, 0.05) is 25.5 Å². The van der Waals surface area contributed by atoms with Crippen LogP contribution in [0, 0.1) is 0 Å². The molecular formula is C11H17N3O. The average Bonchev–Trinajstić information content (AvgIpc) is 2.27. The quantitative estimate of drug-likeness (QED) is 0.771. The molecule has 0 bridgehead atoms. The first kappa shape index (κ1) is 11.7. The molecule has 1 aromatic rings. The third kappa shape index (κ3) is 3.67. The van der Waals surface area contributed by atoms with E-state index in [4.69, 9.17) is 0 Å². The van der Waals surface area contributed by atoms with Gasteiger partial charge < -0.3 is 10.2 Å². The van der Waals surface area contributed by atoms with E-state index in [1.165, 1.54) is 0 Å². The van der Waals surface area contributed by atoms with Crippen molar-refractivity contribution in [3.8, 4) is 0 Å². The van der Waals surface area contributed by atoms with Crippen molar-refractivity contribution in [2.45, 2.75) is 13.5 Å². The molecule has 0 radical (unpaired) electrons. The van der Waals surface area contributed by atoms with Gasteiger partial charge in [-0.3, -0.25) is 9.78 Å². The van der Waals surface area contributed by atoms with E-state index in [2.05, 4.69) is 10.3 Å². The Labute approximate surface area is 90.3 Å². The van der Waals surface area contributed by atoms with E-state index in [-0.39, 0.29) is 5.91 Å². The third-order valence-corrected chi connectivity index (χ3v) is 2.19. The number of nitrogens with zero attached hydrogens (tertiary/aromatic N) is 2. The van der Waals surface area contributed by atoms with Gasteiger partial charge >= 0.3 is 0 Å². The minimum Gasteiger partial charge on any atom is -0.338 e. The molecule has 0 fully saturated rings. The second kappa shape index (κ2) is 6.14. The van der Waals surface area contributed by atoms with Gasteiger partial charge in [-0.25, -0.2) is 0 Å². The summed E-state index contributed by atoms with van der Waals surface area (Å²) in [7, 11) is 1.78. The van der Waals surface area contributed by atoms with Crippen molar-refractivity contribution >= 4 is 5.91 Å². The Bertz CT molecular complexity index is 300. The van der Waals surface area contributed by atoms with Gasteiger partial charge in [-0.15, -0.1) is 0 Å². The fourth-order valence-electron chi connectivity index (χ4n) is 1.35. The highest BCUT2D eigenvalue weighted by atomic mass is 16.2. The number of hydrogen-bond acceptors (Lipinski definition) is 3. The smallest absolute Gasteiger partial charge is 0.236 e. The van der Waals surface area contributed by atoms with Gasteiger partial charge in [0.2, 0.25) is 5.91 Å². The number of carbonyl (C=O) groups is 1. The van der Waals surface area contributed by atoms with Crippen molar-refractivity contribution in [1.29, 1.82) is 0 Å². The molecule has 0 spiro atoms. The summed E-state index contributed by atoms with van der Waals surface area (Å²) in [6.45, 7) is 3.75. The van der Waals surface area contributed by atoms with Gasteiger partial charge in [0.15, 0.2) is 0 Å². The van der Waals surface area contributed by atoms with Crippen molar-refractivity contribution in [2.75, 3.05) is 20.1 Å². The van der Waals surface area contributed by atoms with Crippen LogP contribution in [0.4, 0.5) is 0 Å². The zero-order valence-corrected chi connectivity index (χ0v) is 9.23. The molecule has 1 heterocycles. The van der Waals surface area contributed by atoms with E-state index < -0.39 is 0 Å². The van der Waals surface area contributed by atoms with Crippen LogP contribution in [-0.2, 0) is 11.3 Å². The van der Waals surface area contributed by atoms with Crippen LogP contribution in [0.3, 0.4) is 0 Å². The maximum atomic E-state index is 11.6. The third-order valence-electron chi connectivity index (χ3n) is 2.19. The monoisotopic (exact) mass is 207 g/mol. The Morgan fingerprint density at radius 2 is 2.13 bits per heavy atom. The average molecular weight is 207 g/mol. The standard InChI is InChI=1S/C11H17N3O/c1-3-14(11(15)8-12-2)9-10-4-6-13-7-5-10/h4-7,12H,3,8-9H2,1-2H3. The van der Waals surface area contributed by atoms with Crippen LogP contribution in [0.25, 0.3) is 0 Å². The number of hydrogen-bond donors (Lipinski definition) is 1. The molecule has 1 amide bonds. The predicted octanol–water partition coefficient (Wildman–Crippen LogP) is 0.649. The first-order chi connectivity index (χ1) is 7.27. The molecule has 0 saturated heterocycles. The molecule has 0 aliphatic heterocycles. The molecule has 1 aromatic heterocycles. The van der Waals surface area contributed by atoms with Crippen LogP contribution in [-0.4, -0.2) is 35.9 Å². The second-order valence-corrected chi connectivity index (χ2v) is 3.29. The molecule has 15 heavy (non-hydrogen) atoms. The molecule has 0 aliphatic rings. The van der Waals surface area contributed by atoms with E-state index in [9.17, 15) is 4.79 Å². The van der Waals surface area contributed by atoms with E-state index in [0.717, 1.165) is 12.1 Å². The van der Waals surface area contributed by atoms with Gasteiger partial charge in [0.05, 0.1) is 6.54 Å². The minimum absolute atomic E-state index is 0.122. The number of nitrogens with one attached hydrogen (secondary N) is 1. The van der Waals surface area contributed by atoms with Crippen LogP contribution in [0.15, 0.2) is 24.5 Å². The Hall–Kier alpha value is -1.42. The number of pyridine rings is 1. The molecular weight excluding hydrogens is 190 g/mol. The van der Waals surface area contributed by atoms with Gasteiger partial charge in [-0.1, -0.05) is 0 Å². The highest BCUT2D eigenvalue weighted by Crippen LogP contribution is 2.02. The lowest BCUT2D eigenvalue weighted by Crippen LogP contribution is -2.36. The van der Waals surface area contributed by atoms with E-state index >= 15 is 0 Å². The lowest BCUT2D eigenvalue weighted by atomic mass is 10.2. The summed E-state index contributed by atoms with van der Waals surface area (Å²) in [4.78, 5) is 17.4. The minimum atomic E-state index is 0.122. The number of amides is 1.